The molecule has 0 radical (unpaired) electrons. The molecular weight excluding hydrogens is 498 g/mol. The second-order valence-electron chi connectivity index (χ2n) is 9.47. The van der Waals surface area contributed by atoms with E-state index >= 15 is 0 Å². The summed E-state index contributed by atoms with van der Waals surface area (Å²) >= 11 is 5.91. The Morgan fingerprint density at radius 1 is 1.16 bits per heavy atom. The molecular formula is C29H31N5O3S. The van der Waals surface area contributed by atoms with E-state index in [0.29, 0.717) is 11.7 Å². The first-order valence-electron chi connectivity index (χ1n) is 12.5. The van der Waals surface area contributed by atoms with Crippen molar-refractivity contribution in [3.63, 3.8) is 0 Å². The summed E-state index contributed by atoms with van der Waals surface area (Å²) in [7, 11) is 1.50. The molecule has 5 rings (SSSR count). The number of carbonyl (C=O) groups is 1. The molecule has 196 valence electrons. The van der Waals surface area contributed by atoms with Crippen LogP contribution in [0, 0.1) is 20.8 Å². The minimum atomic E-state index is -0.196. The van der Waals surface area contributed by atoms with Gasteiger partial charge in [0.05, 0.1) is 30.6 Å². The topological polar surface area (TPSA) is 84.6 Å². The number of thiocarbonyl (C=S) groups is 1. The van der Waals surface area contributed by atoms with Crippen LogP contribution in [0.1, 0.15) is 46.1 Å². The molecule has 1 amide bonds. The third-order valence-corrected chi connectivity index (χ3v) is 7.28. The Bertz CT molecular complexity index is 1450. The van der Waals surface area contributed by atoms with Gasteiger partial charge in [0.1, 0.15) is 12.4 Å². The highest BCUT2D eigenvalue weighted by atomic mass is 32.1. The number of nitrogens with one attached hydrogen (secondary N) is 2. The number of amides is 1. The number of carbonyl (C=O) groups excluding carboxylic acids is 1. The maximum atomic E-state index is 12.1. The molecule has 4 heterocycles. The number of pyridine rings is 1. The Morgan fingerprint density at radius 3 is 2.68 bits per heavy atom. The minimum absolute atomic E-state index is 0.00275. The average Bonchev–Trinajstić information content (AvgIpc) is 3.61. The van der Waals surface area contributed by atoms with Crippen molar-refractivity contribution in [1.29, 1.82) is 0 Å². The van der Waals surface area contributed by atoms with E-state index in [1.165, 1.54) is 7.11 Å². The predicted molar refractivity (Wildman–Crippen MR) is 151 cm³/mol. The highest BCUT2D eigenvalue weighted by molar-refractivity contribution is 7.80. The Hall–Kier alpha value is -3.95. The first-order chi connectivity index (χ1) is 18.4. The van der Waals surface area contributed by atoms with E-state index in [9.17, 15) is 4.79 Å². The van der Waals surface area contributed by atoms with Crippen LogP contribution in [-0.4, -0.2) is 34.3 Å². The van der Waals surface area contributed by atoms with Gasteiger partial charge in [-0.1, -0.05) is 6.07 Å². The molecule has 8 nitrogen and oxygen atoms in total. The molecule has 9 heteroatoms. The number of methoxy groups -OCH3 is 1. The molecule has 1 saturated heterocycles. The molecule has 3 aromatic heterocycles. The smallest absolute Gasteiger partial charge is 0.250 e. The van der Waals surface area contributed by atoms with E-state index in [1.54, 1.807) is 6.26 Å². The highest BCUT2D eigenvalue weighted by Gasteiger charge is 2.42. The van der Waals surface area contributed by atoms with E-state index < -0.39 is 0 Å². The molecule has 0 saturated carbocycles. The second kappa shape index (κ2) is 10.8. The number of rotatable bonds is 8. The molecule has 1 aliphatic rings. The number of hydrogen-bond donors (Lipinski definition) is 2. The molecule has 0 aliphatic carbocycles. The molecule has 2 N–H and O–H groups in total. The number of ether oxygens (including phenoxy) is 1. The summed E-state index contributed by atoms with van der Waals surface area (Å²) in [6, 6.07) is 17.7. The second-order valence-corrected chi connectivity index (χ2v) is 9.86. The van der Waals surface area contributed by atoms with Crippen molar-refractivity contribution in [2.75, 3.05) is 23.9 Å². The van der Waals surface area contributed by atoms with Crippen LogP contribution < -0.4 is 15.5 Å². The Balaban J connectivity index is 1.56. The van der Waals surface area contributed by atoms with E-state index in [1.807, 2.05) is 61.7 Å². The minimum Gasteiger partial charge on any atom is -0.467 e. The fourth-order valence-electron chi connectivity index (χ4n) is 5.13. The van der Waals surface area contributed by atoms with Crippen LogP contribution in [0.15, 0.2) is 71.5 Å². The maximum Gasteiger partial charge on any atom is 0.250 e. The van der Waals surface area contributed by atoms with Gasteiger partial charge in [-0.2, -0.15) is 0 Å². The molecule has 0 unspecified atom stereocenters. The van der Waals surface area contributed by atoms with Crippen molar-refractivity contribution in [2.24, 2.45) is 0 Å². The van der Waals surface area contributed by atoms with Gasteiger partial charge in [0.15, 0.2) is 5.11 Å². The maximum absolute atomic E-state index is 12.1. The van der Waals surface area contributed by atoms with Gasteiger partial charge < -0.3 is 29.3 Å². The van der Waals surface area contributed by atoms with Crippen LogP contribution in [0.3, 0.4) is 0 Å². The zero-order chi connectivity index (χ0) is 26.8. The van der Waals surface area contributed by atoms with Crippen LogP contribution >= 0.6 is 12.2 Å². The number of benzene rings is 1. The lowest BCUT2D eigenvalue weighted by Gasteiger charge is -2.29. The van der Waals surface area contributed by atoms with E-state index in [-0.39, 0.29) is 24.6 Å². The van der Waals surface area contributed by atoms with Crippen molar-refractivity contribution in [3.05, 3.63) is 101 Å². The van der Waals surface area contributed by atoms with Gasteiger partial charge in [-0.15, -0.1) is 0 Å². The fourth-order valence-corrected chi connectivity index (χ4v) is 5.48. The summed E-state index contributed by atoms with van der Waals surface area (Å²) < 4.78 is 12.8. The molecule has 0 spiro atoms. The molecule has 1 aromatic carbocycles. The number of hydrogen-bond acceptors (Lipinski definition) is 5. The van der Waals surface area contributed by atoms with Crippen molar-refractivity contribution in [1.82, 2.24) is 14.9 Å². The van der Waals surface area contributed by atoms with Gasteiger partial charge in [-0.25, -0.2) is 0 Å². The summed E-state index contributed by atoms with van der Waals surface area (Å²) in [5, 5.41) is 7.06. The van der Waals surface area contributed by atoms with E-state index in [2.05, 4.69) is 45.0 Å². The zero-order valence-corrected chi connectivity index (χ0v) is 22.7. The molecule has 1 fully saturated rings. The number of aryl methyl sites for hydroxylation is 2. The highest BCUT2D eigenvalue weighted by Crippen LogP contribution is 2.44. The SMILES string of the molecule is COCC(=O)Nc1ccc(N2C(=S)N[C@H](c3ccccn3)[C@@H]2c2cc(C)n(Cc3ccco3)c2C)cc1C. The van der Waals surface area contributed by atoms with Crippen molar-refractivity contribution in [3.8, 4) is 0 Å². The summed E-state index contributed by atoms with van der Waals surface area (Å²) in [6.45, 7) is 6.88. The molecule has 1 aliphatic heterocycles. The fraction of sp³-hybridized carbons (Fsp3) is 0.276. The molecule has 4 aromatic rings. The molecule has 38 heavy (non-hydrogen) atoms. The van der Waals surface area contributed by atoms with Crippen LogP contribution in [0.4, 0.5) is 11.4 Å². The van der Waals surface area contributed by atoms with Gasteiger partial charge in [0.2, 0.25) is 5.91 Å². The monoisotopic (exact) mass is 529 g/mol. The molecule has 2 atom stereocenters. The number of anilines is 2. The first kappa shape index (κ1) is 25.7. The van der Waals surface area contributed by atoms with Gasteiger partial charge in [0, 0.05) is 36.1 Å². The predicted octanol–water partition coefficient (Wildman–Crippen LogP) is 5.21. The average molecular weight is 530 g/mol. The number of nitrogens with zero attached hydrogens (tertiary/aromatic N) is 3. The lowest BCUT2D eigenvalue weighted by Crippen LogP contribution is -2.29. The largest absolute Gasteiger partial charge is 0.467 e. The standard InChI is InChI=1S/C29H31N5O3S/c1-18-14-21(10-11-24(18)31-26(35)17-36-4)34-28(27(32-29(34)38)25-9-5-6-12-30-25)23-15-19(2)33(20(23)3)16-22-8-7-13-37-22/h5-15,27-28H,16-17H2,1-4H3,(H,31,35)(H,32,38)/t27-,28+/m1/s1. The summed E-state index contributed by atoms with van der Waals surface area (Å²) in [5.41, 5.74) is 6.95. The summed E-state index contributed by atoms with van der Waals surface area (Å²) in [4.78, 5) is 18.9. The van der Waals surface area contributed by atoms with E-state index in [0.717, 1.165) is 45.3 Å². The van der Waals surface area contributed by atoms with Crippen LogP contribution in [0.25, 0.3) is 0 Å². The number of furan rings is 1. The first-order valence-corrected chi connectivity index (χ1v) is 12.9. The van der Waals surface area contributed by atoms with Crippen molar-refractivity contribution in [2.45, 2.75) is 39.4 Å². The lowest BCUT2D eigenvalue weighted by atomic mass is 9.96. The Labute approximate surface area is 227 Å². The van der Waals surface area contributed by atoms with Gasteiger partial charge in [-0.3, -0.25) is 9.78 Å². The van der Waals surface area contributed by atoms with Crippen LogP contribution in [0.5, 0.6) is 0 Å². The van der Waals surface area contributed by atoms with E-state index in [4.69, 9.17) is 21.4 Å². The summed E-state index contributed by atoms with van der Waals surface area (Å²) in [6.07, 6.45) is 3.51. The van der Waals surface area contributed by atoms with Crippen molar-refractivity contribution >= 4 is 34.6 Å². The molecule has 0 bridgehead atoms. The van der Waals surface area contributed by atoms with Crippen LogP contribution in [-0.2, 0) is 16.1 Å². The lowest BCUT2D eigenvalue weighted by molar-refractivity contribution is -0.119. The Kier molecular flexibility index (Phi) is 7.31. The Morgan fingerprint density at radius 2 is 2.00 bits per heavy atom. The zero-order valence-electron chi connectivity index (χ0n) is 21.9. The third kappa shape index (κ3) is 4.94. The number of aromatic nitrogens is 2. The van der Waals surface area contributed by atoms with Gasteiger partial charge in [0.25, 0.3) is 0 Å². The normalized spacial score (nSPS) is 17.1. The van der Waals surface area contributed by atoms with Crippen LogP contribution in [0.2, 0.25) is 0 Å². The van der Waals surface area contributed by atoms with Crippen molar-refractivity contribution < 1.29 is 13.9 Å². The van der Waals surface area contributed by atoms with Gasteiger partial charge >= 0.3 is 0 Å². The third-order valence-electron chi connectivity index (χ3n) is 6.96. The van der Waals surface area contributed by atoms with Gasteiger partial charge in [-0.05, 0) is 92.6 Å². The quantitative estimate of drug-likeness (QED) is 0.303. The summed E-state index contributed by atoms with van der Waals surface area (Å²) in [5.74, 6) is 0.706.